The third kappa shape index (κ3) is 1.43. The molecule has 1 aliphatic carbocycles. The molecule has 2 aromatic rings. The molecule has 1 aliphatic rings. The number of aromatic amines is 1. The summed E-state index contributed by atoms with van der Waals surface area (Å²) in [7, 11) is 0. The SMILES string of the molecule is Cc1ccc2nc(C3(N)CCCC3)[nH]c2c1. The molecular weight excluding hydrogens is 198 g/mol. The highest BCUT2D eigenvalue weighted by molar-refractivity contribution is 5.76. The Morgan fingerprint density at radius 1 is 1.31 bits per heavy atom. The summed E-state index contributed by atoms with van der Waals surface area (Å²) in [5.41, 5.74) is 9.55. The van der Waals surface area contributed by atoms with Crippen molar-refractivity contribution >= 4 is 11.0 Å². The maximum Gasteiger partial charge on any atom is 0.127 e. The highest BCUT2D eigenvalue weighted by Gasteiger charge is 2.34. The second kappa shape index (κ2) is 3.32. The summed E-state index contributed by atoms with van der Waals surface area (Å²) in [4.78, 5) is 8.01. The van der Waals surface area contributed by atoms with E-state index in [-0.39, 0.29) is 5.54 Å². The molecule has 1 saturated carbocycles. The second-order valence-corrected chi connectivity index (χ2v) is 4.97. The quantitative estimate of drug-likeness (QED) is 0.768. The van der Waals surface area contributed by atoms with Crippen molar-refractivity contribution in [2.45, 2.75) is 38.1 Å². The highest BCUT2D eigenvalue weighted by atomic mass is 15.0. The van der Waals surface area contributed by atoms with Crippen LogP contribution in [0.25, 0.3) is 11.0 Å². The first-order valence-corrected chi connectivity index (χ1v) is 5.93. The Labute approximate surface area is 95.1 Å². The van der Waals surface area contributed by atoms with Gasteiger partial charge in [-0.25, -0.2) is 4.98 Å². The summed E-state index contributed by atoms with van der Waals surface area (Å²) < 4.78 is 0. The maximum absolute atomic E-state index is 6.39. The number of fused-ring (bicyclic) bond motifs is 1. The Hall–Kier alpha value is -1.35. The standard InChI is InChI=1S/C13H17N3/c1-9-4-5-10-11(8-9)16-12(15-10)13(14)6-2-3-7-13/h4-5,8H,2-3,6-7,14H2,1H3,(H,15,16). The fraction of sp³-hybridized carbons (Fsp3) is 0.462. The predicted molar refractivity (Wildman–Crippen MR) is 65.2 cm³/mol. The zero-order valence-electron chi connectivity index (χ0n) is 9.59. The van der Waals surface area contributed by atoms with Crippen LogP contribution in [0.15, 0.2) is 18.2 Å². The lowest BCUT2D eigenvalue weighted by Gasteiger charge is -2.19. The molecule has 0 unspecified atom stereocenters. The van der Waals surface area contributed by atoms with Gasteiger partial charge in [0.05, 0.1) is 16.6 Å². The average Bonchev–Trinajstić information content (AvgIpc) is 2.84. The lowest BCUT2D eigenvalue weighted by atomic mass is 9.99. The summed E-state index contributed by atoms with van der Waals surface area (Å²) in [6.45, 7) is 2.09. The van der Waals surface area contributed by atoms with Gasteiger partial charge in [0.15, 0.2) is 0 Å². The summed E-state index contributed by atoms with van der Waals surface area (Å²) in [6, 6.07) is 6.28. The third-order valence-corrected chi connectivity index (χ3v) is 3.60. The molecule has 84 valence electrons. The van der Waals surface area contributed by atoms with Crippen LogP contribution in [0.5, 0.6) is 0 Å². The van der Waals surface area contributed by atoms with Crippen molar-refractivity contribution in [3.63, 3.8) is 0 Å². The number of aromatic nitrogens is 2. The Bertz CT molecular complexity index is 521. The number of benzene rings is 1. The number of nitrogens with two attached hydrogens (primary N) is 1. The van der Waals surface area contributed by atoms with Gasteiger partial charge in [-0.15, -0.1) is 0 Å². The fourth-order valence-electron chi connectivity index (χ4n) is 2.60. The molecule has 0 radical (unpaired) electrons. The van der Waals surface area contributed by atoms with Crippen molar-refractivity contribution in [1.29, 1.82) is 0 Å². The normalized spacial score (nSPS) is 19.4. The summed E-state index contributed by atoms with van der Waals surface area (Å²) in [5, 5.41) is 0. The van der Waals surface area contributed by atoms with Gasteiger partial charge in [0.2, 0.25) is 0 Å². The third-order valence-electron chi connectivity index (χ3n) is 3.60. The van der Waals surface area contributed by atoms with Crippen molar-refractivity contribution in [2.24, 2.45) is 5.73 Å². The lowest BCUT2D eigenvalue weighted by Crippen LogP contribution is -2.34. The van der Waals surface area contributed by atoms with E-state index < -0.39 is 0 Å². The van der Waals surface area contributed by atoms with E-state index in [0.717, 1.165) is 29.7 Å². The van der Waals surface area contributed by atoms with Gasteiger partial charge in [0.1, 0.15) is 5.82 Å². The van der Waals surface area contributed by atoms with Crippen LogP contribution in [-0.4, -0.2) is 9.97 Å². The zero-order chi connectivity index (χ0) is 11.2. The molecule has 0 saturated heterocycles. The van der Waals surface area contributed by atoms with E-state index in [0.29, 0.717) is 0 Å². The van der Waals surface area contributed by atoms with Crippen LogP contribution < -0.4 is 5.73 Å². The van der Waals surface area contributed by atoms with Crippen molar-refractivity contribution in [3.8, 4) is 0 Å². The number of imidazole rings is 1. The Morgan fingerprint density at radius 2 is 2.06 bits per heavy atom. The summed E-state index contributed by atoms with van der Waals surface area (Å²) >= 11 is 0. The molecule has 0 aliphatic heterocycles. The van der Waals surface area contributed by atoms with E-state index >= 15 is 0 Å². The van der Waals surface area contributed by atoms with Gasteiger partial charge in [-0.05, 0) is 37.5 Å². The minimum Gasteiger partial charge on any atom is -0.340 e. The number of nitrogens with one attached hydrogen (secondary N) is 1. The van der Waals surface area contributed by atoms with Crippen LogP contribution in [0.2, 0.25) is 0 Å². The second-order valence-electron chi connectivity index (χ2n) is 4.97. The van der Waals surface area contributed by atoms with Crippen LogP contribution in [0.4, 0.5) is 0 Å². The van der Waals surface area contributed by atoms with Crippen LogP contribution in [0, 0.1) is 6.92 Å². The minimum absolute atomic E-state index is 0.215. The first-order valence-electron chi connectivity index (χ1n) is 5.93. The number of rotatable bonds is 1. The first kappa shape index (κ1) is 9.85. The lowest BCUT2D eigenvalue weighted by molar-refractivity contribution is 0.437. The zero-order valence-corrected chi connectivity index (χ0v) is 9.59. The molecule has 3 N–H and O–H groups in total. The van der Waals surface area contributed by atoms with Gasteiger partial charge >= 0.3 is 0 Å². The predicted octanol–water partition coefficient (Wildman–Crippen LogP) is 2.60. The molecule has 0 amide bonds. The van der Waals surface area contributed by atoms with Crippen LogP contribution >= 0.6 is 0 Å². The Morgan fingerprint density at radius 3 is 2.81 bits per heavy atom. The molecule has 1 heterocycles. The van der Waals surface area contributed by atoms with E-state index in [1.165, 1.54) is 18.4 Å². The minimum atomic E-state index is -0.215. The number of nitrogens with zero attached hydrogens (tertiary/aromatic N) is 1. The largest absolute Gasteiger partial charge is 0.340 e. The van der Waals surface area contributed by atoms with Crippen LogP contribution in [0.3, 0.4) is 0 Å². The smallest absolute Gasteiger partial charge is 0.127 e. The summed E-state index contributed by atoms with van der Waals surface area (Å²) in [5.74, 6) is 0.964. The molecule has 1 fully saturated rings. The van der Waals surface area contributed by atoms with Gasteiger partial charge in [-0.2, -0.15) is 0 Å². The van der Waals surface area contributed by atoms with Crippen LogP contribution in [0.1, 0.15) is 37.1 Å². The number of hydrogen-bond donors (Lipinski definition) is 2. The van der Waals surface area contributed by atoms with Crippen molar-refractivity contribution in [3.05, 3.63) is 29.6 Å². The van der Waals surface area contributed by atoms with E-state index in [1.807, 2.05) is 0 Å². The van der Waals surface area contributed by atoms with E-state index in [1.54, 1.807) is 0 Å². The van der Waals surface area contributed by atoms with Gasteiger partial charge in [0, 0.05) is 0 Å². The van der Waals surface area contributed by atoms with Gasteiger partial charge < -0.3 is 10.7 Å². The molecule has 16 heavy (non-hydrogen) atoms. The fourth-order valence-corrected chi connectivity index (χ4v) is 2.60. The van der Waals surface area contributed by atoms with E-state index in [9.17, 15) is 0 Å². The van der Waals surface area contributed by atoms with Crippen molar-refractivity contribution in [1.82, 2.24) is 9.97 Å². The molecule has 3 rings (SSSR count). The highest BCUT2D eigenvalue weighted by Crippen LogP contribution is 2.35. The van der Waals surface area contributed by atoms with Gasteiger partial charge in [-0.3, -0.25) is 0 Å². The molecule has 3 heteroatoms. The monoisotopic (exact) mass is 215 g/mol. The topological polar surface area (TPSA) is 54.7 Å². The molecular formula is C13H17N3. The molecule has 1 aromatic heterocycles. The van der Waals surface area contributed by atoms with Crippen molar-refractivity contribution in [2.75, 3.05) is 0 Å². The molecule has 0 spiro atoms. The number of H-pyrrole nitrogens is 1. The van der Waals surface area contributed by atoms with E-state index in [4.69, 9.17) is 5.73 Å². The van der Waals surface area contributed by atoms with Crippen molar-refractivity contribution < 1.29 is 0 Å². The number of hydrogen-bond acceptors (Lipinski definition) is 2. The summed E-state index contributed by atoms with van der Waals surface area (Å²) in [6.07, 6.45) is 4.52. The molecule has 3 nitrogen and oxygen atoms in total. The van der Waals surface area contributed by atoms with Gasteiger partial charge in [0.25, 0.3) is 0 Å². The molecule has 1 aromatic carbocycles. The average molecular weight is 215 g/mol. The number of aryl methyl sites for hydroxylation is 1. The molecule has 0 atom stereocenters. The van der Waals surface area contributed by atoms with Gasteiger partial charge in [-0.1, -0.05) is 18.9 Å². The Balaban J connectivity index is 2.11. The first-order chi connectivity index (χ1) is 7.67. The van der Waals surface area contributed by atoms with E-state index in [2.05, 4.69) is 35.1 Å². The maximum atomic E-state index is 6.39. The van der Waals surface area contributed by atoms with Crippen LogP contribution in [-0.2, 0) is 5.54 Å². The molecule has 0 bridgehead atoms. The Kier molecular flexibility index (Phi) is 2.04.